The van der Waals surface area contributed by atoms with Crippen LogP contribution in [0.15, 0.2) is 24.3 Å². The van der Waals surface area contributed by atoms with Crippen molar-refractivity contribution in [1.29, 1.82) is 0 Å². The van der Waals surface area contributed by atoms with Crippen LogP contribution in [0.1, 0.15) is 25.3 Å². The summed E-state index contributed by atoms with van der Waals surface area (Å²) in [6.45, 7) is 5.40. The minimum atomic E-state index is -0.0152. The number of nitrogens with zero attached hydrogens (tertiary/aromatic N) is 1. The van der Waals surface area contributed by atoms with Gasteiger partial charge in [-0.3, -0.25) is 4.79 Å². The number of benzene rings is 1. The first-order valence-corrected chi connectivity index (χ1v) is 7.14. The molecule has 1 radical (unpaired) electrons. The lowest BCUT2D eigenvalue weighted by molar-refractivity contribution is -0.149. The number of hydrogen-bond acceptors (Lipinski definition) is 3. The second-order valence-electron chi connectivity index (χ2n) is 5.01. The summed E-state index contributed by atoms with van der Waals surface area (Å²) in [4.78, 5) is 14.1. The molecule has 0 saturated carbocycles. The quantitative estimate of drug-likeness (QED) is 0.761. The van der Waals surface area contributed by atoms with Crippen molar-refractivity contribution in [2.45, 2.75) is 26.2 Å². The molecule has 1 aromatic carbocycles. The molecule has 0 spiro atoms. The number of hydrogen-bond donors (Lipinski definition) is 0. The highest BCUT2D eigenvalue weighted by molar-refractivity contribution is 5.72. The molecule has 0 aromatic heterocycles. The van der Waals surface area contributed by atoms with Crippen LogP contribution >= 0.6 is 0 Å². The molecule has 1 saturated heterocycles. The summed E-state index contributed by atoms with van der Waals surface area (Å²) >= 11 is 0. The molecule has 19 heavy (non-hydrogen) atoms. The van der Waals surface area contributed by atoms with E-state index in [4.69, 9.17) is 4.74 Å². The summed E-state index contributed by atoms with van der Waals surface area (Å²) in [5.74, 6) is 0.0954. The first-order chi connectivity index (χ1) is 9.29. The van der Waals surface area contributed by atoms with Crippen LogP contribution in [-0.2, 0) is 16.0 Å². The first-order valence-electron chi connectivity index (χ1n) is 7.14. The normalized spacial score (nSPS) is 17.3. The largest absolute Gasteiger partial charge is 0.466 e. The van der Waals surface area contributed by atoms with E-state index in [0.717, 1.165) is 38.9 Å². The molecule has 103 valence electrons. The van der Waals surface area contributed by atoms with Crippen LogP contribution in [0.4, 0.5) is 0 Å². The lowest BCUT2D eigenvalue weighted by Crippen LogP contribution is -2.38. The summed E-state index contributed by atoms with van der Waals surface area (Å²) in [5.41, 5.74) is 1.26. The maximum atomic E-state index is 11.6. The number of esters is 1. The second kappa shape index (κ2) is 7.29. The summed E-state index contributed by atoms with van der Waals surface area (Å²) in [7, 11) is 0. The molecule has 3 heteroatoms. The molecule has 0 amide bonds. The van der Waals surface area contributed by atoms with Gasteiger partial charge in [-0.1, -0.05) is 24.3 Å². The first kappa shape index (κ1) is 14.1. The zero-order valence-corrected chi connectivity index (χ0v) is 11.6. The van der Waals surface area contributed by atoms with Crippen molar-refractivity contribution >= 4 is 5.97 Å². The second-order valence-corrected chi connectivity index (χ2v) is 5.01. The van der Waals surface area contributed by atoms with Crippen LogP contribution in [0, 0.1) is 12.0 Å². The third kappa shape index (κ3) is 4.35. The Labute approximate surface area is 115 Å². The van der Waals surface area contributed by atoms with Crippen molar-refractivity contribution in [3.8, 4) is 0 Å². The van der Waals surface area contributed by atoms with Gasteiger partial charge in [0.05, 0.1) is 12.5 Å². The van der Waals surface area contributed by atoms with Gasteiger partial charge in [-0.2, -0.15) is 0 Å². The highest BCUT2D eigenvalue weighted by Gasteiger charge is 2.25. The highest BCUT2D eigenvalue weighted by Crippen LogP contribution is 2.18. The molecule has 1 heterocycles. The third-order valence-corrected chi connectivity index (χ3v) is 3.68. The van der Waals surface area contributed by atoms with Gasteiger partial charge in [0, 0.05) is 6.54 Å². The average molecular weight is 260 g/mol. The Morgan fingerprint density at radius 3 is 2.84 bits per heavy atom. The number of carbonyl (C=O) groups is 1. The summed E-state index contributed by atoms with van der Waals surface area (Å²) < 4.78 is 5.08. The molecule has 0 N–H and O–H groups in total. The van der Waals surface area contributed by atoms with Crippen molar-refractivity contribution < 1.29 is 9.53 Å². The van der Waals surface area contributed by atoms with Crippen LogP contribution in [0.3, 0.4) is 0 Å². The van der Waals surface area contributed by atoms with Crippen molar-refractivity contribution in [2.24, 2.45) is 5.92 Å². The lowest BCUT2D eigenvalue weighted by Gasteiger charge is -2.30. The Morgan fingerprint density at radius 2 is 2.21 bits per heavy atom. The Bertz CT molecular complexity index is 383. The molecule has 0 unspecified atom stereocenters. The topological polar surface area (TPSA) is 29.5 Å². The minimum Gasteiger partial charge on any atom is -0.466 e. The molecule has 1 fully saturated rings. The van der Waals surface area contributed by atoms with Crippen LogP contribution in [0.5, 0.6) is 0 Å². The van der Waals surface area contributed by atoms with Gasteiger partial charge in [-0.25, -0.2) is 0 Å². The van der Waals surface area contributed by atoms with E-state index in [1.54, 1.807) is 0 Å². The van der Waals surface area contributed by atoms with Gasteiger partial charge in [-0.15, -0.1) is 0 Å². The molecular formula is C16H22NO2. The van der Waals surface area contributed by atoms with E-state index in [0.29, 0.717) is 6.61 Å². The number of carbonyl (C=O) groups excluding carboxylic acids is 1. The van der Waals surface area contributed by atoms with Gasteiger partial charge in [0.2, 0.25) is 0 Å². The Hall–Kier alpha value is -1.35. The summed E-state index contributed by atoms with van der Waals surface area (Å²) in [5, 5.41) is 0. The Morgan fingerprint density at radius 1 is 1.42 bits per heavy atom. The Balaban J connectivity index is 1.70. The molecule has 0 atom stereocenters. The fraction of sp³-hybridized carbons (Fsp3) is 0.562. The molecule has 0 bridgehead atoms. The van der Waals surface area contributed by atoms with E-state index < -0.39 is 0 Å². The van der Waals surface area contributed by atoms with Crippen molar-refractivity contribution in [1.82, 2.24) is 4.90 Å². The van der Waals surface area contributed by atoms with E-state index in [1.165, 1.54) is 5.56 Å². The SMILES string of the molecule is CCOC(=O)C1CCN(CCc2[c]cccc2)CC1. The molecule has 1 aliphatic heterocycles. The van der Waals surface area contributed by atoms with Crippen molar-refractivity contribution in [3.05, 3.63) is 35.9 Å². The minimum absolute atomic E-state index is 0.0152. The maximum Gasteiger partial charge on any atom is 0.309 e. The van der Waals surface area contributed by atoms with Gasteiger partial charge in [0.15, 0.2) is 0 Å². The van der Waals surface area contributed by atoms with Crippen LogP contribution in [0.2, 0.25) is 0 Å². The zero-order valence-electron chi connectivity index (χ0n) is 11.6. The van der Waals surface area contributed by atoms with E-state index >= 15 is 0 Å². The van der Waals surface area contributed by atoms with Gasteiger partial charge in [0.1, 0.15) is 0 Å². The summed E-state index contributed by atoms with van der Waals surface area (Å²) in [6.07, 6.45) is 2.89. The predicted molar refractivity (Wildman–Crippen MR) is 74.8 cm³/mol. The molecule has 1 aliphatic rings. The number of ether oxygens (including phenoxy) is 1. The van der Waals surface area contributed by atoms with Gasteiger partial charge >= 0.3 is 5.97 Å². The van der Waals surface area contributed by atoms with Gasteiger partial charge in [-0.05, 0) is 50.9 Å². The zero-order chi connectivity index (χ0) is 13.5. The predicted octanol–water partition coefficient (Wildman–Crippen LogP) is 2.30. The monoisotopic (exact) mass is 260 g/mol. The van der Waals surface area contributed by atoms with Crippen molar-refractivity contribution in [3.63, 3.8) is 0 Å². The van der Waals surface area contributed by atoms with Crippen molar-refractivity contribution in [2.75, 3.05) is 26.2 Å². The third-order valence-electron chi connectivity index (χ3n) is 3.68. The van der Waals surface area contributed by atoms with E-state index in [-0.39, 0.29) is 11.9 Å². The van der Waals surface area contributed by atoms with Crippen LogP contribution in [0.25, 0.3) is 0 Å². The number of likely N-dealkylation sites (tertiary alicyclic amines) is 1. The lowest BCUT2D eigenvalue weighted by atomic mass is 9.96. The molecule has 1 aromatic rings. The van der Waals surface area contributed by atoms with E-state index in [2.05, 4.69) is 23.1 Å². The Kier molecular flexibility index (Phi) is 5.40. The fourth-order valence-electron chi connectivity index (χ4n) is 2.52. The van der Waals surface area contributed by atoms with Crippen LogP contribution in [-0.4, -0.2) is 37.1 Å². The van der Waals surface area contributed by atoms with Gasteiger partial charge < -0.3 is 9.64 Å². The van der Waals surface area contributed by atoms with E-state index in [9.17, 15) is 4.79 Å². The van der Waals surface area contributed by atoms with Gasteiger partial charge in [0.25, 0.3) is 0 Å². The number of piperidine rings is 1. The highest BCUT2D eigenvalue weighted by atomic mass is 16.5. The average Bonchev–Trinajstić information content (AvgIpc) is 2.47. The number of rotatable bonds is 5. The standard InChI is InChI=1S/C16H22NO2/c1-2-19-16(18)15-9-12-17(13-10-15)11-8-14-6-4-3-5-7-14/h3-6,15H,2,8-13H2,1H3. The maximum absolute atomic E-state index is 11.6. The van der Waals surface area contributed by atoms with Crippen LogP contribution < -0.4 is 0 Å². The summed E-state index contributed by atoms with van der Waals surface area (Å²) in [6, 6.07) is 11.4. The molecule has 3 nitrogen and oxygen atoms in total. The molecule has 2 rings (SSSR count). The molecule has 0 aliphatic carbocycles. The van der Waals surface area contributed by atoms with E-state index in [1.807, 2.05) is 19.1 Å². The molecular weight excluding hydrogens is 238 g/mol. The smallest absolute Gasteiger partial charge is 0.309 e. The fourth-order valence-corrected chi connectivity index (χ4v) is 2.52.